The van der Waals surface area contributed by atoms with Crippen LogP contribution in [0.2, 0.25) is 0 Å². The monoisotopic (exact) mass is 402 g/mol. The summed E-state index contributed by atoms with van der Waals surface area (Å²) in [6.07, 6.45) is 0.866. The number of rotatable bonds is 5. The lowest BCUT2D eigenvalue weighted by molar-refractivity contribution is 0.0949. The standard InChI is InChI=1S/C24H22N2O4/c1-30-18-9-7-16(8-10-18)17-11-21-19(22(27)12-17)13-20(24(29)26-21)23(28)25-14-15-5-3-2-4-6-15/h2-10,13,17H,11-12,14H2,1H3,(H,25,28)(H,26,29)/t17-/m0/s1. The van der Waals surface area contributed by atoms with Gasteiger partial charge in [-0.15, -0.1) is 0 Å². The maximum Gasteiger partial charge on any atom is 0.261 e. The van der Waals surface area contributed by atoms with E-state index in [1.807, 2.05) is 54.6 Å². The molecular formula is C24H22N2O4. The van der Waals surface area contributed by atoms with Gasteiger partial charge in [0.15, 0.2) is 5.78 Å². The number of carbonyl (C=O) groups excluding carboxylic acids is 2. The van der Waals surface area contributed by atoms with Crippen molar-refractivity contribution in [3.05, 3.63) is 99.0 Å². The van der Waals surface area contributed by atoms with E-state index in [0.29, 0.717) is 30.6 Å². The second kappa shape index (κ2) is 8.37. The number of H-pyrrole nitrogens is 1. The van der Waals surface area contributed by atoms with Crippen LogP contribution in [0.25, 0.3) is 0 Å². The summed E-state index contributed by atoms with van der Waals surface area (Å²) >= 11 is 0. The van der Waals surface area contributed by atoms with Gasteiger partial charge >= 0.3 is 0 Å². The average molecular weight is 402 g/mol. The van der Waals surface area contributed by atoms with Gasteiger partial charge in [0.2, 0.25) is 0 Å². The smallest absolute Gasteiger partial charge is 0.261 e. The van der Waals surface area contributed by atoms with E-state index in [1.165, 1.54) is 6.07 Å². The van der Waals surface area contributed by atoms with E-state index in [-0.39, 0.29) is 17.3 Å². The Hall–Kier alpha value is -3.67. The number of amides is 1. The number of Topliss-reactive ketones (excluding diaryl/α,β-unsaturated/α-hetero) is 1. The number of nitrogens with one attached hydrogen (secondary N) is 2. The Morgan fingerprint density at radius 1 is 1.07 bits per heavy atom. The van der Waals surface area contributed by atoms with Gasteiger partial charge in [0.25, 0.3) is 11.5 Å². The van der Waals surface area contributed by atoms with Crippen LogP contribution < -0.4 is 15.6 Å². The fourth-order valence-electron chi connectivity index (χ4n) is 3.78. The van der Waals surface area contributed by atoms with Crippen LogP contribution in [0.3, 0.4) is 0 Å². The SMILES string of the molecule is COc1ccc([C@@H]2CC(=O)c3cc(C(=O)NCc4ccccc4)c(=O)[nH]c3C2)cc1. The van der Waals surface area contributed by atoms with Crippen LogP contribution in [0.5, 0.6) is 5.75 Å². The van der Waals surface area contributed by atoms with E-state index in [1.54, 1.807) is 7.11 Å². The van der Waals surface area contributed by atoms with Gasteiger partial charge in [-0.1, -0.05) is 42.5 Å². The zero-order valence-electron chi connectivity index (χ0n) is 16.6. The molecule has 0 radical (unpaired) electrons. The minimum absolute atomic E-state index is 0.0238. The van der Waals surface area contributed by atoms with E-state index in [0.717, 1.165) is 16.9 Å². The summed E-state index contributed by atoms with van der Waals surface area (Å²) in [6.45, 7) is 0.309. The summed E-state index contributed by atoms with van der Waals surface area (Å²) in [5.41, 5.74) is 2.42. The van der Waals surface area contributed by atoms with Gasteiger partial charge in [-0.2, -0.15) is 0 Å². The zero-order chi connectivity index (χ0) is 21.1. The second-order valence-corrected chi connectivity index (χ2v) is 7.37. The molecule has 6 heteroatoms. The molecule has 0 bridgehead atoms. The molecule has 152 valence electrons. The van der Waals surface area contributed by atoms with Crippen molar-refractivity contribution >= 4 is 11.7 Å². The van der Waals surface area contributed by atoms with Crippen molar-refractivity contribution < 1.29 is 14.3 Å². The lowest BCUT2D eigenvalue weighted by atomic mass is 9.81. The molecule has 2 N–H and O–H groups in total. The first kappa shape index (κ1) is 19.6. The van der Waals surface area contributed by atoms with Crippen molar-refractivity contribution in [1.29, 1.82) is 0 Å². The molecule has 0 saturated heterocycles. The molecule has 30 heavy (non-hydrogen) atoms. The third kappa shape index (κ3) is 4.03. The normalized spacial score (nSPS) is 15.4. The maximum atomic E-state index is 12.8. The van der Waals surface area contributed by atoms with E-state index in [2.05, 4.69) is 10.3 Å². The lowest BCUT2D eigenvalue weighted by Crippen LogP contribution is -2.32. The van der Waals surface area contributed by atoms with Gasteiger partial charge in [-0.25, -0.2) is 0 Å². The van der Waals surface area contributed by atoms with Gasteiger partial charge in [-0.05, 0) is 41.7 Å². The number of ether oxygens (including phenoxy) is 1. The predicted molar refractivity (Wildman–Crippen MR) is 113 cm³/mol. The molecule has 0 fully saturated rings. The van der Waals surface area contributed by atoms with Crippen LogP contribution >= 0.6 is 0 Å². The fraction of sp³-hybridized carbons (Fsp3) is 0.208. The first-order valence-electron chi connectivity index (χ1n) is 9.80. The molecule has 1 amide bonds. The number of benzene rings is 2. The fourth-order valence-corrected chi connectivity index (χ4v) is 3.78. The molecule has 0 saturated carbocycles. The first-order chi connectivity index (χ1) is 14.5. The molecule has 1 atom stereocenters. The van der Waals surface area contributed by atoms with E-state index < -0.39 is 11.5 Å². The van der Waals surface area contributed by atoms with Crippen molar-refractivity contribution in [2.24, 2.45) is 0 Å². The number of ketones is 1. The summed E-state index contributed by atoms with van der Waals surface area (Å²) in [6, 6.07) is 18.5. The largest absolute Gasteiger partial charge is 0.497 e. The van der Waals surface area contributed by atoms with Crippen molar-refractivity contribution in [3.63, 3.8) is 0 Å². The van der Waals surface area contributed by atoms with Gasteiger partial charge < -0.3 is 15.0 Å². The minimum Gasteiger partial charge on any atom is -0.497 e. The highest BCUT2D eigenvalue weighted by Gasteiger charge is 2.28. The number of fused-ring (bicyclic) bond motifs is 1. The van der Waals surface area contributed by atoms with Crippen LogP contribution in [0.1, 0.15) is 49.9 Å². The molecule has 1 heterocycles. The Morgan fingerprint density at radius 2 is 1.80 bits per heavy atom. The number of methoxy groups -OCH3 is 1. The molecule has 0 aliphatic heterocycles. The number of carbonyl (C=O) groups is 2. The molecule has 3 aromatic rings. The minimum atomic E-state index is -0.493. The average Bonchev–Trinajstić information content (AvgIpc) is 2.77. The molecule has 1 aliphatic carbocycles. The Bertz CT molecular complexity index is 1130. The number of aromatic amines is 1. The zero-order valence-corrected chi connectivity index (χ0v) is 16.6. The highest BCUT2D eigenvalue weighted by atomic mass is 16.5. The van der Waals surface area contributed by atoms with Gasteiger partial charge in [0.05, 0.1) is 7.11 Å². The third-order valence-corrected chi connectivity index (χ3v) is 5.43. The van der Waals surface area contributed by atoms with Crippen molar-refractivity contribution in [3.8, 4) is 5.75 Å². The second-order valence-electron chi connectivity index (χ2n) is 7.37. The molecule has 6 nitrogen and oxygen atoms in total. The Balaban J connectivity index is 1.54. The quantitative estimate of drug-likeness (QED) is 0.686. The first-order valence-corrected chi connectivity index (χ1v) is 9.80. The Kier molecular flexibility index (Phi) is 5.48. The lowest BCUT2D eigenvalue weighted by Gasteiger charge is -2.24. The van der Waals surface area contributed by atoms with Crippen LogP contribution in [0.15, 0.2) is 65.5 Å². The highest BCUT2D eigenvalue weighted by Crippen LogP contribution is 2.32. The number of hydrogen-bond acceptors (Lipinski definition) is 4. The summed E-state index contributed by atoms with van der Waals surface area (Å²) in [5, 5.41) is 2.74. The maximum absolute atomic E-state index is 12.8. The summed E-state index contributed by atoms with van der Waals surface area (Å²) in [7, 11) is 1.60. The van der Waals surface area contributed by atoms with Crippen LogP contribution in [0.4, 0.5) is 0 Å². The van der Waals surface area contributed by atoms with Crippen molar-refractivity contribution in [2.75, 3.05) is 7.11 Å². The van der Waals surface area contributed by atoms with Gasteiger partial charge in [-0.3, -0.25) is 14.4 Å². The topological polar surface area (TPSA) is 88.3 Å². The molecule has 1 aliphatic rings. The van der Waals surface area contributed by atoms with Crippen LogP contribution in [-0.2, 0) is 13.0 Å². The Labute approximate surface area is 173 Å². The summed E-state index contributed by atoms with van der Waals surface area (Å²) < 4.78 is 5.18. The predicted octanol–water partition coefficient (Wildman–Crippen LogP) is 3.23. The molecule has 0 spiro atoms. The molecule has 2 aromatic carbocycles. The van der Waals surface area contributed by atoms with E-state index in [9.17, 15) is 14.4 Å². The van der Waals surface area contributed by atoms with Crippen molar-refractivity contribution in [1.82, 2.24) is 10.3 Å². The van der Waals surface area contributed by atoms with E-state index in [4.69, 9.17) is 4.74 Å². The number of pyridine rings is 1. The molecule has 0 unspecified atom stereocenters. The van der Waals surface area contributed by atoms with Gasteiger partial charge in [0, 0.05) is 24.2 Å². The molecule has 1 aromatic heterocycles. The van der Waals surface area contributed by atoms with Crippen LogP contribution in [0, 0.1) is 0 Å². The summed E-state index contributed by atoms with van der Waals surface area (Å²) in [4.78, 5) is 40.6. The number of hydrogen-bond donors (Lipinski definition) is 2. The third-order valence-electron chi connectivity index (χ3n) is 5.43. The molecular weight excluding hydrogens is 380 g/mol. The molecule has 4 rings (SSSR count). The number of aromatic nitrogens is 1. The Morgan fingerprint density at radius 3 is 2.50 bits per heavy atom. The van der Waals surface area contributed by atoms with E-state index >= 15 is 0 Å². The van der Waals surface area contributed by atoms with Gasteiger partial charge in [0.1, 0.15) is 11.3 Å². The van der Waals surface area contributed by atoms with Crippen LogP contribution in [-0.4, -0.2) is 23.8 Å². The summed E-state index contributed by atoms with van der Waals surface area (Å²) in [5.74, 6) is 0.156. The van der Waals surface area contributed by atoms with Crippen molar-refractivity contribution in [2.45, 2.75) is 25.3 Å². The highest BCUT2D eigenvalue weighted by molar-refractivity contribution is 6.02.